The monoisotopic (exact) mass is 264 g/mol. The number of carbonyl (C=O) groups is 1. The highest BCUT2D eigenvalue weighted by atomic mass is 19.1. The van der Waals surface area contributed by atoms with Crippen molar-refractivity contribution in [1.82, 2.24) is 5.32 Å². The summed E-state index contributed by atoms with van der Waals surface area (Å²) in [6.07, 6.45) is 1.19. The summed E-state index contributed by atoms with van der Waals surface area (Å²) in [5.41, 5.74) is 1.31. The van der Waals surface area contributed by atoms with Gasteiger partial charge in [-0.15, -0.1) is 0 Å². The lowest BCUT2D eigenvalue weighted by Crippen LogP contribution is -2.36. The predicted molar refractivity (Wildman–Crippen MR) is 71.5 cm³/mol. The summed E-state index contributed by atoms with van der Waals surface area (Å²) < 4.78 is 19.3. The molecule has 1 amide bonds. The highest BCUT2D eigenvalue weighted by Gasteiger charge is 2.15. The molecular weight excluding hydrogens is 247 g/mol. The number of benzene rings is 1. The Balaban J connectivity index is 2.03. The second-order valence-electron chi connectivity index (χ2n) is 4.31. The normalized spacial score (nSPS) is 15.1. The number of rotatable bonds is 4. The highest BCUT2D eigenvalue weighted by Crippen LogP contribution is 2.21. The summed E-state index contributed by atoms with van der Waals surface area (Å²) in [6.45, 7) is 6.30. The van der Waals surface area contributed by atoms with Crippen LogP contribution in [0.5, 0.6) is 0 Å². The van der Waals surface area contributed by atoms with E-state index in [1.54, 1.807) is 6.07 Å². The van der Waals surface area contributed by atoms with Crippen molar-refractivity contribution in [3.05, 3.63) is 42.2 Å². The Kier molecular flexibility index (Phi) is 4.52. The van der Waals surface area contributed by atoms with Crippen LogP contribution in [0.3, 0.4) is 0 Å². The Hall–Kier alpha value is -1.88. The molecule has 1 aliphatic rings. The van der Waals surface area contributed by atoms with Gasteiger partial charge in [-0.1, -0.05) is 12.6 Å². The topological polar surface area (TPSA) is 41.6 Å². The maximum atomic E-state index is 14.0. The molecule has 0 aliphatic carbocycles. The third-order valence-electron chi connectivity index (χ3n) is 3.02. The maximum absolute atomic E-state index is 14.0. The predicted octanol–water partition coefficient (Wildman–Crippen LogP) is 1.46. The van der Waals surface area contributed by atoms with E-state index in [4.69, 9.17) is 4.74 Å². The standard InChI is InChI=1S/C14H17FN2O2/c1-2-14(18)16-10-11-3-4-13(12(15)9-11)17-5-7-19-8-6-17/h2-4,9H,1,5-8,10H2,(H,16,18). The van der Waals surface area contributed by atoms with Gasteiger partial charge in [0.2, 0.25) is 5.91 Å². The summed E-state index contributed by atoms with van der Waals surface area (Å²) >= 11 is 0. The van der Waals surface area contributed by atoms with E-state index in [1.165, 1.54) is 12.1 Å². The molecule has 0 bridgehead atoms. The van der Waals surface area contributed by atoms with Crippen LogP contribution in [-0.2, 0) is 16.1 Å². The zero-order chi connectivity index (χ0) is 13.7. The second-order valence-corrected chi connectivity index (χ2v) is 4.31. The minimum atomic E-state index is -0.271. The molecule has 0 atom stereocenters. The number of nitrogens with zero attached hydrogens (tertiary/aromatic N) is 1. The summed E-state index contributed by atoms with van der Waals surface area (Å²) in [7, 11) is 0. The summed E-state index contributed by atoms with van der Waals surface area (Å²) in [5.74, 6) is -0.537. The second kappa shape index (κ2) is 6.33. The Morgan fingerprint density at radius 2 is 2.21 bits per heavy atom. The molecule has 0 spiro atoms. The van der Waals surface area contributed by atoms with Gasteiger partial charge in [0.05, 0.1) is 18.9 Å². The molecule has 1 saturated heterocycles. The molecule has 0 radical (unpaired) electrons. The van der Waals surface area contributed by atoms with Crippen molar-refractivity contribution >= 4 is 11.6 Å². The number of amides is 1. The number of nitrogens with one attached hydrogen (secondary N) is 1. The van der Waals surface area contributed by atoms with Crippen LogP contribution in [-0.4, -0.2) is 32.2 Å². The quantitative estimate of drug-likeness (QED) is 0.837. The number of hydrogen-bond acceptors (Lipinski definition) is 3. The molecule has 0 saturated carbocycles. The van der Waals surface area contributed by atoms with E-state index < -0.39 is 0 Å². The largest absolute Gasteiger partial charge is 0.378 e. The van der Waals surface area contributed by atoms with Crippen LogP contribution in [0.1, 0.15) is 5.56 Å². The Morgan fingerprint density at radius 3 is 2.84 bits per heavy atom. The average Bonchev–Trinajstić information content (AvgIpc) is 2.45. The van der Waals surface area contributed by atoms with Gasteiger partial charge in [0.1, 0.15) is 5.82 Å². The first-order chi connectivity index (χ1) is 9.20. The van der Waals surface area contributed by atoms with Crippen LogP contribution in [0.15, 0.2) is 30.9 Å². The molecule has 1 aliphatic heterocycles. The molecular formula is C14H17FN2O2. The smallest absolute Gasteiger partial charge is 0.243 e. The van der Waals surface area contributed by atoms with Gasteiger partial charge in [-0.2, -0.15) is 0 Å². The van der Waals surface area contributed by atoms with Crippen LogP contribution >= 0.6 is 0 Å². The third-order valence-corrected chi connectivity index (χ3v) is 3.02. The summed E-state index contributed by atoms with van der Waals surface area (Å²) in [6, 6.07) is 5.02. The lowest BCUT2D eigenvalue weighted by molar-refractivity contribution is -0.116. The molecule has 0 aromatic heterocycles. The first-order valence-electron chi connectivity index (χ1n) is 6.22. The molecule has 19 heavy (non-hydrogen) atoms. The fraction of sp³-hybridized carbons (Fsp3) is 0.357. The van der Waals surface area contributed by atoms with E-state index in [9.17, 15) is 9.18 Å². The van der Waals surface area contributed by atoms with Crippen LogP contribution < -0.4 is 10.2 Å². The number of hydrogen-bond donors (Lipinski definition) is 1. The average molecular weight is 264 g/mol. The van der Waals surface area contributed by atoms with E-state index >= 15 is 0 Å². The van der Waals surface area contributed by atoms with Gasteiger partial charge in [0.15, 0.2) is 0 Å². The zero-order valence-electron chi connectivity index (χ0n) is 10.7. The fourth-order valence-corrected chi connectivity index (χ4v) is 1.98. The van der Waals surface area contributed by atoms with E-state index in [-0.39, 0.29) is 11.7 Å². The van der Waals surface area contributed by atoms with Crippen LogP contribution in [0.4, 0.5) is 10.1 Å². The lowest BCUT2D eigenvalue weighted by atomic mass is 10.1. The minimum absolute atomic E-state index is 0.266. The first kappa shape index (κ1) is 13.5. The highest BCUT2D eigenvalue weighted by molar-refractivity contribution is 5.86. The Bertz CT molecular complexity index is 471. The maximum Gasteiger partial charge on any atom is 0.243 e. The minimum Gasteiger partial charge on any atom is -0.378 e. The summed E-state index contributed by atoms with van der Waals surface area (Å²) in [4.78, 5) is 13.0. The number of halogens is 1. The molecule has 1 heterocycles. The van der Waals surface area contributed by atoms with E-state index in [1.807, 2.05) is 11.0 Å². The lowest BCUT2D eigenvalue weighted by Gasteiger charge is -2.29. The van der Waals surface area contributed by atoms with Crippen molar-refractivity contribution in [3.8, 4) is 0 Å². The molecule has 2 rings (SSSR count). The molecule has 102 valence electrons. The number of anilines is 1. The van der Waals surface area contributed by atoms with Gasteiger partial charge < -0.3 is 15.0 Å². The van der Waals surface area contributed by atoms with Crippen LogP contribution in [0.2, 0.25) is 0 Å². The van der Waals surface area contributed by atoms with Gasteiger partial charge >= 0.3 is 0 Å². The van der Waals surface area contributed by atoms with Gasteiger partial charge in [0, 0.05) is 19.6 Å². The van der Waals surface area contributed by atoms with Crippen molar-refractivity contribution in [2.24, 2.45) is 0 Å². The fourth-order valence-electron chi connectivity index (χ4n) is 1.98. The SMILES string of the molecule is C=CC(=O)NCc1ccc(N2CCOCC2)c(F)c1. The summed E-state index contributed by atoms with van der Waals surface area (Å²) in [5, 5.41) is 2.62. The Labute approximate surface area is 111 Å². The van der Waals surface area contributed by atoms with Gasteiger partial charge in [0.25, 0.3) is 0 Å². The van der Waals surface area contributed by atoms with Gasteiger partial charge in [-0.05, 0) is 23.8 Å². The molecule has 1 aromatic rings. The van der Waals surface area contributed by atoms with E-state index in [0.29, 0.717) is 38.5 Å². The van der Waals surface area contributed by atoms with Gasteiger partial charge in [-0.3, -0.25) is 4.79 Å². The molecule has 1 fully saturated rings. The van der Waals surface area contributed by atoms with Crippen molar-refractivity contribution in [2.75, 3.05) is 31.2 Å². The van der Waals surface area contributed by atoms with Gasteiger partial charge in [-0.25, -0.2) is 4.39 Å². The van der Waals surface area contributed by atoms with Crippen molar-refractivity contribution in [1.29, 1.82) is 0 Å². The Morgan fingerprint density at radius 1 is 1.47 bits per heavy atom. The van der Waals surface area contributed by atoms with E-state index in [2.05, 4.69) is 11.9 Å². The number of morpholine rings is 1. The third kappa shape index (κ3) is 3.54. The molecule has 1 N–H and O–H groups in total. The molecule has 4 nitrogen and oxygen atoms in total. The molecule has 1 aromatic carbocycles. The number of ether oxygens (including phenoxy) is 1. The van der Waals surface area contributed by atoms with Crippen molar-refractivity contribution < 1.29 is 13.9 Å². The van der Waals surface area contributed by atoms with Crippen LogP contribution in [0.25, 0.3) is 0 Å². The first-order valence-corrected chi connectivity index (χ1v) is 6.22. The molecule has 0 unspecified atom stereocenters. The molecule has 5 heteroatoms. The van der Waals surface area contributed by atoms with Crippen LogP contribution in [0, 0.1) is 5.82 Å². The number of carbonyl (C=O) groups excluding carboxylic acids is 1. The van der Waals surface area contributed by atoms with Crippen molar-refractivity contribution in [3.63, 3.8) is 0 Å². The van der Waals surface area contributed by atoms with Crippen molar-refractivity contribution in [2.45, 2.75) is 6.54 Å². The zero-order valence-corrected chi connectivity index (χ0v) is 10.7. The van der Waals surface area contributed by atoms with E-state index in [0.717, 1.165) is 5.56 Å².